The molecule has 0 fully saturated rings. The maximum Gasteiger partial charge on any atom is 0.334 e. The van der Waals surface area contributed by atoms with Crippen LogP contribution in [0, 0.1) is 5.41 Å². The van der Waals surface area contributed by atoms with Crippen molar-refractivity contribution in [3.8, 4) is 0 Å². The Hall–Kier alpha value is -0.570. The van der Waals surface area contributed by atoms with Crippen molar-refractivity contribution in [1.29, 1.82) is 0 Å². The molecule has 0 aliphatic carbocycles. The molecule has 0 amide bonds. The van der Waals surface area contributed by atoms with Gasteiger partial charge in [0.1, 0.15) is 6.10 Å². The van der Waals surface area contributed by atoms with Crippen LogP contribution in [-0.2, 0) is 9.53 Å². The van der Waals surface area contributed by atoms with Gasteiger partial charge in [0.2, 0.25) is 0 Å². The number of aliphatic hydroxyl groups is 1. The standard InChI is InChI=1S/C8H16O3/c1-6(9)7(10)11-5-8(2,3)4/h6,9H,5H2,1-4H3/t6-/m0/s1. The Bertz CT molecular complexity index is 133. The van der Waals surface area contributed by atoms with E-state index in [2.05, 4.69) is 0 Å². The Labute approximate surface area is 67.4 Å². The fourth-order valence-electron chi connectivity index (χ4n) is 0.408. The first-order valence-corrected chi connectivity index (χ1v) is 3.67. The predicted molar refractivity (Wildman–Crippen MR) is 42.1 cm³/mol. The monoisotopic (exact) mass is 160 g/mol. The number of ether oxygens (including phenoxy) is 1. The Morgan fingerprint density at radius 3 is 2.27 bits per heavy atom. The second-order valence-corrected chi connectivity index (χ2v) is 3.84. The lowest BCUT2D eigenvalue weighted by molar-refractivity contribution is -0.155. The minimum atomic E-state index is -1.02. The zero-order valence-corrected chi connectivity index (χ0v) is 7.55. The predicted octanol–water partition coefficient (Wildman–Crippen LogP) is 0.956. The van der Waals surface area contributed by atoms with Gasteiger partial charge in [-0.3, -0.25) is 0 Å². The maximum absolute atomic E-state index is 10.7. The number of carbonyl (C=O) groups excluding carboxylic acids is 1. The Morgan fingerprint density at radius 1 is 1.55 bits per heavy atom. The summed E-state index contributed by atoms with van der Waals surface area (Å²) in [5.74, 6) is -0.556. The molecular weight excluding hydrogens is 144 g/mol. The second kappa shape index (κ2) is 3.72. The van der Waals surface area contributed by atoms with E-state index in [0.717, 1.165) is 0 Å². The molecule has 0 bridgehead atoms. The summed E-state index contributed by atoms with van der Waals surface area (Å²) in [5, 5.41) is 8.74. The highest BCUT2D eigenvalue weighted by Gasteiger charge is 2.16. The van der Waals surface area contributed by atoms with Gasteiger partial charge in [-0.2, -0.15) is 0 Å². The summed E-state index contributed by atoms with van der Waals surface area (Å²) in [7, 11) is 0. The van der Waals surface area contributed by atoms with E-state index in [4.69, 9.17) is 9.84 Å². The van der Waals surface area contributed by atoms with Gasteiger partial charge >= 0.3 is 5.97 Å². The SMILES string of the molecule is C[C@H](O)C(=O)OCC(C)(C)C. The van der Waals surface area contributed by atoms with Crippen LogP contribution in [0.15, 0.2) is 0 Å². The van der Waals surface area contributed by atoms with Crippen molar-refractivity contribution in [2.75, 3.05) is 6.61 Å². The van der Waals surface area contributed by atoms with Crippen molar-refractivity contribution in [2.24, 2.45) is 5.41 Å². The van der Waals surface area contributed by atoms with E-state index in [1.54, 1.807) is 0 Å². The van der Waals surface area contributed by atoms with Crippen molar-refractivity contribution >= 4 is 5.97 Å². The molecule has 0 aliphatic rings. The molecule has 1 atom stereocenters. The molecule has 3 heteroatoms. The number of esters is 1. The first-order chi connectivity index (χ1) is 4.83. The zero-order valence-electron chi connectivity index (χ0n) is 7.55. The summed E-state index contributed by atoms with van der Waals surface area (Å²) in [4.78, 5) is 10.7. The lowest BCUT2D eigenvalue weighted by atomic mass is 9.99. The molecule has 0 radical (unpaired) electrons. The topological polar surface area (TPSA) is 46.5 Å². The van der Waals surface area contributed by atoms with Gasteiger partial charge in [0.15, 0.2) is 0 Å². The summed E-state index contributed by atoms with van der Waals surface area (Å²) in [6, 6.07) is 0. The van der Waals surface area contributed by atoms with Crippen LogP contribution in [0.25, 0.3) is 0 Å². The Kier molecular flexibility index (Phi) is 3.52. The average molecular weight is 160 g/mol. The van der Waals surface area contributed by atoms with Crippen molar-refractivity contribution in [3.05, 3.63) is 0 Å². The molecule has 0 unspecified atom stereocenters. The van der Waals surface area contributed by atoms with Gasteiger partial charge < -0.3 is 9.84 Å². The summed E-state index contributed by atoms with van der Waals surface area (Å²) in [6.45, 7) is 7.62. The van der Waals surface area contributed by atoms with Crippen molar-refractivity contribution in [3.63, 3.8) is 0 Å². The van der Waals surface area contributed by atoms with E-state index >= 15 is 0 Å². The summed E-state index contributed by atoms with van der Waals surface area (Å²) >= 11 is 0. The molecule has 0 saturated carbocycles. The third-order valence-electron chi connectivity index (χ3n) is 0.989. The van der Waals surface area contributed by atoms with Crippen LogP contribution in [0.1, 0.15) is 27.7 Å². The van der Waals surface area contributed by atoms with E-state index in [9.17, 15) is 4.79 Å². The van der Waals surface area contributed by atoms with E-state index < -0.39 is 12.1 Å². The molecule has 0 rings (SSSR count). The maximum atomic E-state index is 10.7. The summed E-state index contributed by atoms with van der Waals surface area (Å²) < 4.78 is 4.78. The van der Waals surface area contributed by atoms with Gasteiger partial charge in [-0.1, -0.05) is 20.8 Å². The van der Waals surface area contributed by atoms with Crippen molar-refractivity contribution in [1.82, 2.24) is 0 Å². The van der Waals surface area contributed by atoms with Gasteiger partial charge in [-0.05, 0) is 12.3 Å². The third-order valence-corrected chi connectivity index (χ3v) is 0.989. The summed E-state index contributed by atoms with van der Waals surface area (Å²) in [5.41, 5.74) is -0.0372. The van der Waals surface area contributed by atoms with Crippen LogP contribution >= 0.6 is 0 Å². The quantitative estimate of drug-likeness (QED) is 0.612. The fraction of sp³-hybridized carbons (Fsp3) is 0.875. The van der Waals surface area contributed by atoms with Gasteiger partial charge in [0, 0.05) is 0 Å². The highest BCUT2D eigenvalue weighted by atomic mass is 16.5. The molecular formula is C8H16O3. The van der Waals surface area contributed by atoms with Crippen LogP contribution in [0.3, 0.4) is 0 Å². The fourth-order valence-corrected chi connectivity index (χ4v) is 0.408. The molecule has 0 spiro atoms. The third kappa shape index (κ3) is 5.85. The minimum absolute atomic E-state index is 0.0372. The van der Waals surface area contributed by atoms with Gasteiger partial charge in [0.05, 0.1) is 6.61 Å². The number of hydrogen-bond acceptors (Lipinski definition) is 3. The van der Waals surface area contributed by atoms with Crippen LogP contribution in [0.2, 0.25) is 0 Å². The number of carbonyl (C=O) groups is 1. The average Bonchev–Trinajstić information content (AvgIpc) is 1.80. The van der Waals surface area contributed by atoms with E-state index in [1.165, 1.54) is 6.92 Å². The molecule has 0 heterocycles. The van der Waals surface area contributed by atoms with E-state index in [-0.39, 0.29) is 5.41 Å². The Morgan fingerprint density at radius 2 is 2.00 bits per heavy atom. The van der Waals surface area contributed by atoms with Gasteiger partial charge in [0.25, 0.3) is 0 Å². The molecule has 66 valence electrons. The lowest BCUT2D eigenvalue weighted by Crippen LogP contribution is -2.24. The van der Waals surface area contributed by atoms with Gasteiger partial charge in [-0.25, -0.2) is 4.79 Å². The van der Waals surface area contributed by atoms with Crippen molar-refractivity contribution in [2.45, 2.75) is 33.8 Å². The lowest BCUT2D eigenvalue weighted by Gasteiger charge is -2.18. The number of hydrogen-bond donors (Lipinski definition) is 1. The second-order valence-electron chi connectivity index (χ2n) is 3.84. The van der Waals surface area contributed by atoms with Crippen LogP contribution in [0.5, 0.6) is 0 Å². The van der Waals surface area contributed by atoms with Crippen LogP contribution < -0.4 is 0 Å². The van der Waals surface area contributed by atoms with Crippen molar-refractivity contribution < 1.29 is 14.6 Å². The first-order valence-electron chi connectivity index (χ1n) is 3.67. The summed E-state index contributed by atoms with van der Waals surface area (Å²) in [6.07, 6.45) is -1.02. The molecule has 3 nitrogen and oxygen atoms in total. The number of rotatable bonds is 2. The van der Waals surface area contributed by atoms with Crippen LogP contribution in [-0.4, -0.2) is 23.8 Å². The smallest absolute Gasteiger partial charge is 0.334 e. The minimum Gasteiger partial charge on any atom is -0.463 e. The molecule has 11 heavy (non-hydrogen) atoms. The molecule has 1 N–H and O–H groups in total. The largest absolute Gasteiger partial charge is 0.463 e. The van der Waals surface area contributed by atoms with E-state index in [1.807, 2.05) is 20.8 Å². The highest BCUT2D eigenvalue weighted by molar-refractivity contribution is 5.73. The molecule has 0 aliphatic heterocycles. The van der Waals surface area contributed by atoms with Crippen LogP contribution in [0.4, 0.5) is 0 Å². The highest BCUT2D eigenvalue weighted by Crippen LogP contribution is 2.12. The molecule has 0 aromatic rings. The molecule has 0 aromatic carbocycles. The molecule has 0 saturated heterocycles. The number of aliphatic hydroxyl groups excluding tert-OH is 1. The zero-order chi connectivity index (χ0) is 9.07. The van der Waals surface area contributed by atoms with Gasteiger partial charge in [-0.15, -0.1) is 0 Å². The molecule has 0 aromatic heterocycles. The Balaban J connectivity index is 3.64. The first kappa shape index (κ1) is 10.4. The van der Waals surface area contributed by atoms with E-state index in [0.29, 0.717) is 6.61 Å². The normalized spacial score (nSPS) is 14.3.